The van der Waals surface area contributed by atoms with Gasteiger partial charge in [0.05, 0.1) is 0 Å². The van der Waals surface area contributed by atoms with Gasteiger partial charge in [-0.2, -0.15) is 4.98 Å². The fraction of sp³-hybridized carbons (Fsp3) is 0.526. The van der Waals surface area contributed by atoms with Crippen molar-refractivity contribution < 1.29 is 9.32 Å². The summed E-state index contributed by atoms with van der Waals surface area (Å²) in [4.78, 5) is 17.1. The molecule has 0 radical (unpaired) electrons. The van der Waals surface area contributed by atoms with E-state index in [9.17, 15) is 4.79 Å². The standard InChI is InChI=1S/C19H24ClN3O2/c1-3-12(2)16(21-18(24)14-6-4-5-7-14)19-22-17(23-25-19)13-8-10-15(20)11-9-13/h8-12,14,16H,3-7H2,1-2H3,(H,21,24)/t12-,16-/m0/s1. The molecule has 3 rings (SSSR count). The SMILES string of the molecule is CC[C@H](C)[C@H](NC(=O)C1CCCC1)c1nc(-c2ccc(Cl)cc2)no1. The van der Waals surface area contributed by atoms with Crippen molar-refractivity contribution in [3.05, 3.63) is 35.2 Å². The fourth-order valence-electron chi connectivity index (χ4n) is 3.22. The lowest BCUT2D eigenvalue weighted by atomic mass is 9.97. The van der Waals surface area contributed by atoms with E-state index in [1.807, 2.05) is 12.1 Å². The molecule has 0 bridgehead atoms. The monoisotopic (exact) mass is 361 g/mol. The fourth-order valence-corrected chi connectivity index (χ4v) is 3.35. The number of nitrogens with one attached hydrogen (secondary N) is 1. The third-order valence-electron chi connectivity index (χ3n) is 5.05. The summed E-state index contributed by atoms with van der Waals surface area (Å²) in [5, 5.41) is 7.88. The molecule has 1 N–H and O–H groups in total. The van der Waals surface area contributed by atoms with Crippen LogP contribution in [0.2, 0.25) is 5.02 Å². The highest BCUT2D eigenvalue weighted by atomic mass is 35.5. The van der Waals surface area contributed by atoms with E-state index in [-0.39, 0.29) is 23.8 Å². The number of carbonyl (C=O) groups is 1. The Labute approximate surface area is 153 Å². The van der Waals surface area contributed by atoms with Crippen molar-refractivity contribution in [1.82, 2.24) is 15.5 Å². The zero-order valence-electron chi connectivity index (χ0n) is 14.7. The normalized spacial score (nSPS) is 17.4. The van der Waals surface area contributed by atoms with Crippen LogP contribution >= 0.6 is 11.6 Å². The van der Waals surface area contributed by atoms with Crippen LogP contribution in [0, 0.1) is 11.8 Å². The molecule has 1 aromatic carbocycles. The number of carbonyl (C=O) groups excluding carboxylic acids is 1. The van der Waals surface area contributed by atoms with E-state index >= 15 is 0 Å². The molecule has 134 valence electrons. The molecular weight excluding hydrogens is 338 g/mol. The lowest BCUT2D eigenvalue weighted by Gasteiger charge is -2.22. The molecule has 1 heterocycles. The first-order chi connectivity index (χ1) is 12.1. The summed E-state index contributed by atoms with van der Waals surface area (Å²) in [5.74, 6) is 1.41. The summed E-state index contributed by atoms with van der Waals surface area (Å²) >= 11 is 5.92. The quantitative estimate of drug-likeness (QED) is 0.803. The third kappa shape index (κ3) is 4.21. The lowest BCUT2D eigenvalue weighted by molar-refractivity contribution is -0.126. The number of halogens is 1. The molecule has 0 saturated heterocycles. The molecule has 0 unspecified atom stereocenters. The molecule has 5 nitrogen and oxygen atoms in total. The first-order valence-corrected chi connectivity index (χ1v) is 9.36. The van der Waals surface area contributed by atoms with Crippen LogP contribution in [0.3, 0.4) is 0 Å². The van der Waals surface area contributed by atoms with Gasteiger partial charge in [-0.3, -0.25) is 4.79 Å². The summed E-state index contributed by atoms with van der Waals surface area (Å²) in [6.07, 6.45) is 5.12. The summed E-state index contributed by atoms with van der Waals surface area (Å²) < 4.78 is 5.49. The van der Waals surface area contributed by atoms with E-state index in [1.165, 1.54) is 0 Å². The Morgan fingerprint density at radius 1 is 1.32 bits per heavy atom. The van der Waals surface area contributed by atoms with E-state index < -0.39 is 0 Å². The molecular formula is C19H24ClN3O2. The van der Waals surface area contributed by atoms with Crippen molar-refractivity contribution in [2.24, 2.45) is 11.8 Å². The Kier molecular flexibility index (Phi) is 5.74. The summed E-state index contributed by atoms with van der Waals surface area (Å²) in [5.41, 5.74) is 0.837. The molecule has 2 atom stereocenters. The van der Waals surface area contributed by atoms with Gasteiger partial charge in [-0.25, -0.2) is 0 Å². The molecule has 1 aliphatic carbocycles. The highest BCUT2D eigenvalue weighted by Crippen LogP contribution is 2.29. The van der Waals surface area contributed by atoms with Crippen molar-refractivity contribution in [1.29, 1.82) is 0 Å². The van der Waals surface area contributed by atoms with Crippen molar-refractivity contribution in [3.63, 3.8) is 0 Å². The van der Waals surface area contributed by atoms with Gasteiger partial charge in [-0.1, -0.05) is 49.9 Å². The van der Waals surface area contributed by atoms with Crippen molar-refractivity contribution in [3.8, 4) is 11.4 Å². The minimum absolute atomic E-state index is 0.106. The zero-order valence-corrected chi connectivity index (χ0v) is 15.4. The Bertz CT molecular complexity index is 708. The summed E-state index contributed by atoms with van der Waals surface area (Å²) in [6.45, 7) is 4.18. The molecule has 1 aromatic heterocycles. The van der Waals surface area contributed by atoms with Gasteiger partial charge in [0.2, 0.25) is 17.6 Å². The van der Waals surface area contributed by atoms with Gasteiger partial charge in [-0.05, 0) is 43.0 Å². The molecule has 2 aromatic rings. The van der Waals surface area contributed by atoms with Crippen LogP contribution in [0.4, 0.5) is 0 Å². The average molecular weight is 362 g/mol. The molecule has 1 aliphatic rings. The second kappa shape index (κ2) is 8.00. The summed E-state index contributed by atoms with van der Waals surface area (Å²) in [7, 11) is 0. The van der Waals surface area contributed by atoms with Gasteiger partial charge in [0, 0.05) is 16.5 Å². The molecule has 1 amide bonds. The number of nitrogens with zero attached hydrogens (tertiary/aromatic N) is 2. The van der Waals surface area contributed by atoms with Gasteiger partial charge in [0.15, 0.2) is 0 Å². The van der Waals surface area contributed by atoms with Crippen LogP contribution in [-0.2, 0) is 4.79 Å². The number of hydrogen-bond donors (Lipinski definition) is 1. The first-order valence-electron chi connectivity index (χ1n) is 8.98. The predicted molar refractivity (Wildman–Crippen MR) is 97.0 cm³/mol. The zero-order chi connectivity index (χ0) is 17.8. The van der Waals surface area contributed by atoms with Gasteiger partial charge in [0.1, 0.15) is 6.04 Å². The van der Waals surface area contributed by atoms with E-state index in [0.29, 0.717) is 16.7 Å². The maximum Gasteiger partial charge on any atom is 0.249 e. The molecule has 25 heavy (non-hydrogen) atoms. The topological polar surface area (TPSA) is 68.0 Å². The molecule has 1 fully saturated rings. The first kappa shape index (κ1) is 17.9. The van der Waals surface area contributed by atoms with Crippen LogP contribution in [0.1, 0.15) is 57.9 Å². The maximum absolute atomic E-state index is 12.5. The maximum atomic E-state index is 12.5. The van der Waals surface area contributed by atoms with Gasteiger partial charge < -0.3 is 9.84 Å². The Hall–Kier alpha value is -1.88. The Morgan fingerprint density at radius 2 is 2.00 bits per heavy atom. The number of rotatable bonds is 6. The van der Waals surface area contributed by atoms with E-state index in [2.05, 4.69) is 29.3 Å². The smallest absolute Gasteiger partial charge is 0.249 e. The Morgan fingerprint density at radius 3 is 2.64 bits per heavy atom. The second-order valence-corrected chi connectivity index (χ2v) is 7.25. The highest BCUT2D eigenvalue weighted by Gasteiger charge is 2.30. The van der Waals surface area contributed by atoms with E-state index in [1.54, 1.807) is 12.1 Å². The summed E-state index contributed by atoms with van der Waals surface area (Å²) in [6, 6.07) is 7.03. The number of hydrogen-bond acceptors (Lipinski definition) is 4. The predicted octanol–water partition coefficient (Wildman–Crippen LogP) is 4.78. The molecule has 0 aliphatic heterocycles. The van der Waals surface area contributed by atoms with Crippen molar-refractivity contribution in [2.75, 3.05) is 0 Å². The molecule has 6 heteroatoms. The minimum atomic E-state index is -0.258. The molecule has 0 spiro atoms. The van der Waals surface area contributed by atoms with Crippen molar-refractivity contribution in [2.45, 2.75) is 52.0 Å². The highest BCUT2D eigenvalue weighted by molar-refractivity contribution is 6.30. The largest absolute Gasteiger partial charge is 0.344 e. The Balaban J connectivity index is 1.79. The average Bonchev–Trinajstić information content (AvgIpc) is 3.31. The lowest BCUT2D eigenvalue weighted by Crippen LogP contribution is -2.36. The van der Waals surface area contributed by atoms with Crippen LogP contribution in [0.15, 0.2) is 28.8 Å². The van der Waals surface area contributed by atoms with Gasteiger partial charge in [0.25, 0.3) is 0 Å². The number of amides is 1. The number of benzene rings is 1. The molecule has 1 saturated carbocycles. The van der Waals surface area contributed by atoms with Gasteiger partial charge >= 0.3 is 0 Å². The van der Waals surface area contributed by atoms with Gasteiger partial charge in [-0.15, -0.1) is 0 Å². The van der Waals surface area contributed by atoms with Crippen LogP contribution in [0.25, 0.3) is 11.4 Å². The van der Waals surface area contributed by atoms with Crippen LogP contribution in [-0.4, -0.2) is 16.0 Å². The minimum Gasteiger partial charge on any atom is -0.344 e. The van der Waals surface area contributed by atoms with Crippen LogP contribution < -0.4 is 5.32 Å². The van der Waals surface area contributed by atoms with Crippen molar-refractivity contribution >= 4 is 17.5 Å². The van der Waals surface area contributed by atoms with E-state index in [4.69, 9.17) is 16.1 Å². The second-order valence-electron chi connectivity index (χ2n) is 6.82. The van der Waals surface area contributed by atoms with E-state index in [0.717, 1.165) is 37.7 Å². The van der Waals surface area contributed by atoms with Crippen LogP contribution in [0.5, 0.6) is 0 Å². The third-order valence-corrected chi connectivity index (χ3v) is 5.30. The number of aromatic nitrogens is 2.